The van der Waals surface area contributed by atoms with Gasteiger partial charge in [0.25, 0.3) is 0 Å². The van der Waals surface area contributed by atoms with Crippen molar-refractivity contribution in [3.63, 3.8) is 0 Å². The van der Waals surface area contributed by atoms with Crippen molar-refractivity contribution in [1.29, 1.82) is 0 Å². The number of hydrogen-bond acceptors (Lipinski definition) is 3. The molecule has 0 amide bonds. The van der Waals surface area contributed by atoms with Crippen LogP contribution in [-0.2, 0) is 16.2 Å². The molecule has 0 aliphatic rings. The molecule has 2 aromatic rings. The van der Waals surface area contributed by atoms with Gasteiger partial charge in [-0.1, -0.05) is 42.5 Å². The number of rotatable bonds is 5. The van der Waals surface area contributed by atoms with E-state index in [0.29, 0.717) is 5.56 Å². The third-order valence-corrected chi connectivity index (χ3v) is 3.83. The number of hydrogen-bond donors (Lipinski definition) is 0. The third kappa shape index (κ3) is 4.14. The van der Waals surface area contributed by atoms with Crippen LogP contribution in [0.25, 0.3) is 0 Å². The van der Waals surface area contributed by atoms with E-state index in [4.69, 9.17) is 0 Å². The van der Waals surface area contributed by atoms with Crippen LogP contribution in [0.15, 0.2) is 54.6 Å². The smallest absolute Gasteiger partial charge is 0.337 e. The van der Waals surface area contributed by atoms with E-state index in [9.17, 15) is 4.79 Å². The van der Waals surface area contributed by atoms with E-state index in [1.807, 2.05) is 42.1 Å². The van der Waals surface area contributed by atoms with Crippen LogP contribution in [0.5, 0.6) is 0 Å². The maximum atomic E-state index is 11.3. The zero-order valence-electron chi connectivity index (χ0n) is 10.8. The Bertz CT molecular complexity index is 520. The van der Waals surface area contributed by atoms with Crippen molar-refractivity contribution in [1.82, 2.24) is 0 Å². The van der Waals surface area contributed by atoms with Crippen LogP contribution < -0.4 is 0 Å². The second-order valence-electron chi connectivity index (χ2n) is 4.17. The number of benzene rings is 2. The van der Waals surface area contributed by atoms with E-state index < -0.39 is 0 Å². The minimum Gasteiger partial charge on any atom is -0.465 e. The maximum absolute atomic E-state index is 11.3. The van der Waals surface area contributed by atoms with E-state index in [-0.39, 0.29) is 5.97 Å². The van der Waals surface area contributed by atoms with Gasteiger partial charge in [-0.15, -0.1) is 0 Å². The Morgan fingerprint density at radius 3 is 2.11 bits per heavy atom. The molecular weight excluding hydrogens is 256 g/mol. The highest BCUT2D eigenvalue weighted by Crippen LogP contribution is 2.18. The fraction of sp³-hybridized carbons (Fsp3) is 0.188. The first-order chi connectivity index (χ1) is 9.29. The average molecular weight is 272 g/mol. The van der Waals surface area contributed by atoms with E-state index in [2.05, 4.69) is 29.0 Å². The van der Waals surface area contributed by atoms with Gasteiger partial charge in [-0.25, -0.2) is 4.79 Å². The molecule has 0 unspecified atom stereocenters. The van der Waals surface area contributed by atoms with Gasteiger partial charge in [0.2, 0.25) is 0 Å². The van der Waals surface area contributed by atoms with Crippen LogP contribution in [0.1, 0.15) is 21.5 Å². The highest BCUT2D eigenvalue weighted by molar-refractivity contribution is 7.97. The summed E-state index contributed by atoms with van der Waals surface area (Å²) in [5.74, 6) is 1.65. The molecule has 0 radical (unpaired) electrons. The number of ether oxygens (including phenoxy) is 1. The van der Waals surface area contributed by atoms with Gasteiger partial charge in [0, 0.05) is 11.5 Å². The predicted molar refractivity (Wildman–Crippen MR) is 79.2 cm³/mol. The summed E-state index contributed by atoms with van der Waals surface area (Å²) in [5, 5.41) is 0. The topological polar surface area (TPSA) is 26.3 Å². The van der Waals surface area contributed by atoms with Gasteiger partial charge in [0.15, 0.2) is 0 Å². The standard InChI is InChI=1S/C16H16O2S/c1-18-16(17)15-9-7-14(8-10-15)12-19-11-13-5-3-2-4-6-13/h2-10H,11-12H2,1H3. The van der Waals surface area contributed by atoms with Crippen molar-refractivity contribution in [2.75, 3.05) is 7.11 Å². The summed E-state index contributed by atoms with van der Waals surface area (Å²) in [6.07, 6.45) is 0. The zero-order valence-corrected chi connectivity index (χ0v) is 11.7. The molecule has 0 atom stereocenters. The summed E-state index contributed by atoms with van der Waals surface area (Å²) < 4.78 is 4.67. The molecule has 3 heteroatoms. The average Bonchev–Trinajstić information content (AvgIpc) is 2.48. The summed E-state index contributed by atoms with van der Waals surface area (Å²) >= 11 is 1.86. The largest absolute Gasteiger partial charge is 0.465 e. The molecule has 0 saturated heterocycles. The Labute approximate surface area is 117 Å². The van der Waals surface area contributed by atoms with Gasteiger partial charge in [0.05, 0.1) is 12.7 Å². The summed E-state index contributed by atoms with van der Waals surface area (Å²) in [6, 6.07) is 18.0. The fourth-order valence-electron chi connectivity index (χ4n) is 1.72. The molecule has 0 aliphatic heterocycles. The molecular formula is C16H16O2S. The van der Waals surface area contributed by atoms with Crippen molar-refractivity contribution in [2.24, 2.45) is 0 Å². The van der Waals surface area contributed by atoms with Crippen LogP contribution in [0.4, 0.5) is 0 Å². The molecule has 0 aliphatic carbocycles. The molecule has 0 bridgehead atoms. The highest BCUT2D eigenvalue weighted by atomic mass is 32.2. The van der Waals surface area contributed by atoms with Gasteiger partial charge < -0.3 is 4.74 Å². The number of thioether (sulfide) groups is 1. The van der Waals surface area contributed by atoms with Crippen molar-refractivity contribution < 1.29 is 9.53 Å². The minimum absolute atomic E-state index is 0.288. The van der Waals surface area contributed by atoms with E-state index >= 15 is 0 Å². The van der Waals surface area contributed by atoms with Crippen LogP contribution >= 0.6 is 11.8 Å². The maximum Gasteiger partial charge on any atom is 0.337 e. The van der Waals surface area contributed by atoms with Crippen molar-refractivity contribution in [2.45, 2.75) is 11.5 Å². The first kappa shape index (κ1) is 13.7. The lowest BCUT2D eigenvalue weighted by molar-refractivity contribution is 0.0600. The summed E-state index contributed by atoms with van der Waals surface area (Å²) in [6.45, 7) is 0. The molecule has 0 heterocycles. The minimum atomic E-state index is -0.288. The lowest BCUT2D eigenvalue weighted by atomic mass is 10.1. The molecule has 2 rings (SSSR count). The second-order valence-corrected chi connectivity index (χ2v) is 5.15. The molecule has 0 fully saturated rings. The lowest BCUT2D eigenvalue weighted by Crippen LogP contribution is -2.00. The van der Waals surface area contributed by atoms with E-state index in [1.165, 1.54) is 18.2 Å². The number of methoxy groups -OCH3 is 1. The van der Waals surface area contributed by atoms with Gasteiger partial charge in [-0.2, -0.15) is 11.8 Å². The van der Waals surface area contributed by atoms with Crippen LogP contribution in [0, 0.1) is 0 Å². The molecule has 0 N–H and O–H groups in total. The normalized spacial score (nSPS) is 10.2. The molecule has 0 spiro atoms. The van der Waals surface area contributed by atoms with Crippen molar-refractivity contribution >= 4 is 17.7 Å². The third-order valence-electron chi connectivity index (χ3n) is 2.76. The highest BCUT2D eigenvalue weighted by Gasteiger charge is 2.04. The first-order valence-corrected chi connectivity index (χ1v) is 7.24. The van der Waals surface area contributed by atoms with Gasteiger partial charge in [0.1, 0.15) is 0 Å². The van der Waals surface area contributed by atoms with Crippen LogP contribution in [-0.4, -0.2) is 13.1 Å². The second kappa shape index (κ2) is 7.00. The Morgan fingerprint density at radius 2 is 1.53 bits per heavy atom. The fourth-order valence-corrected chi connectivity index (χ4v) is 2.67. The molecule has 19 heavy (non-hydrogen) atoms. The number of carbonyl (C=O) groups is 1. The first-order valence-electron chi connectivity index (χ1n) is 6.08. The van der Waals surface area contributed by atoms with Crippen LogP contribution in [0.2, 0.25) is 0 Å². The monoisotopic (exact) mass is 272 g/mol. The number of carbonyl (C=O) groups excluding carboxylic acids is 1. The molecule has 98 valence electrons. The Balaban J connectivity index is 1.85. The molecule has 2 nitrogen and oxygen atoms in total. The van der Waals surface area contributed by atoms with Gasteiger partial charge in [-0.3, -0.25) is 0 Å². The molecule has 0 aromatic heterocycles. The zero-order chi connectivity index (χ0) is 13.5. The van der Waals surface area contributed by atoms with E-state index in [0.717, 1.165) is 11.5 Å². The van der Waals surface area contributed by atoms with Gasteiger partial charge >= 0.3 is 5.97 Å². The summed E-state index contributed by atoms with van der Waals surface area (Å²) in [5.41, 5.74) is 3.14. The van der Waals surface area contributed by atoms with Crippen LogP contribution in [0.3, 0.4) is 0 Å². The summed E-state index contributed by atoms with van der Waals surface area (Å²) in [4.78, 5) is 11.3. The Hall–Kier alpha value is -1.74. The summed E-state index contributed by atoms with van der Waals surface area (Å²) in [7, 11) is 1.39. The van der Waals surface area contributed by atoms with E-state index in [1.54, 1.807) is 0 Å². The van der Waals surface area contributed by atoms with Gasteiger partial charge in [-0.05, 0) is 23.3 Å². The van der Waals surface area contributed by atoms with Crippen molar-refractivity contribution in [3.8, 4) is 0 Å². The quantitative estimate of drug-likeness (QED) is 0.772. The molecule has 2 aromatic carbocycles. The predicted octanol–water partition coefficient (Wildman–Crippen LogP) is 3.91. The molecule has 0 saturated carbocycles. The Kier molecular flexibility index (Phi) is 5.04. The number of esters is 1. The van der Waals surface area contributed by atoms with Crippen molar-refractivity contribution in [3.05, 3.63) is 71.3 Å². The lowest BCUT2D eigenvalue weighted by Gasteiger charge is -2.04. The SMILES string of the molecule is COC(=O)c1ccc(CSCc2ccccc2)cc1. The Morgan fingerprint density at radius 1 is 0.947 bits per heavy atom.